The largest absolute Gasteiger partial charge is 0.372 e. The Morgan fingerprint density at radius 3 is 2.36 bits per heavy atom. The van der Waals surface area contributed by atoms with E-state index in [9.17, 15) is 4.79 Å². The molecule has 1 fully saturated rings. The van der Waals surface area contributed by atoms with Crippen LogP contribution in [0.2, 0.25) is 0 Å². The number of nitrogens with zero attached hydrogens (tertiary/aromatic N) is 3. The van der Waals surface area contributed by atoms with E-state index in [-0.39, 0.29) is 5.91 Å². The second-order valence-electron chi connectivity index (χ2n) is 6.98. The van der Waals surface area contributed by atoms with E-state index < -0.39 is 0 Å². The highest BCUT2D eigenvalue weighted by atomic mass is 16.1. The summed E-state index contributed by atoms with van der Waals surface area (Å²) in [7, 11) is 0. The molecule has 0 unspecified atom stereocenters. The van der Waals surface area contributed by atoms with Gasteiger partial charge in [-0.3, -0.25) is 4.79 Å². The van der Waals surface area contributed by atoms with E-state index in [0.29, 0.717) is 11.5 Å². The smallest absolute Gasteiger partial charge is 0.258 e. The zero-order valence-electron chi connectivity index (χ0n) is 15.9. The SMILES string of the molecule is Cc1cccc(Nc2ncc(C(=O)Nc3ccc(N4CCCC4)cc3)cn2)c1. The van der Waals surface area contributed by atoms with Crippen LogP contribution in [0.4, 0.5) is 23.0 Å². The van der Waals surface area contributed by atoms with Gasteiger partial charge >= 0.3 is 0 Å². The van der Waals surface area contributed by atoms with Crippen molar-refractivity contribution in [3.63, 3.8) is 0 Å². The predicted molar refractivity (Wildman–Crippen MR) is 112 cm³/mol. The van der Waals surface area contributed by atoms with E-state index in [2.05, 4.69) is 25.5 Å². The molecule has 0 bridgehead atoms. The Labute approximate surface area is 164 Å². The van der Waals surface area contributed by atoms with Crippen LogP contribution in [0.1, 0.15) is 28.8 Å². The van der Waals surface area contributed by atoms with E-state index >= 15 is 0 Å². The second kappa shape index (κ2) is 8.08. The van der Waals surface area contributed by atoms with Gasteiger partial charge in [0.05, 0.1) is 5.56 Å². The summed E-state index contributed by atoms with van der Waals surface area (Å²) in [5.41, 5.74) is 4.44. The molecular formula is C22H23N5O. The first-order valence-electron chi connectivity index (χ1n) is 9.49. The third kappa shape index (κ3) is 4.28. The van der Waals surface area contributed by atoms with E-state index in [1.165, 1.54) is 30.9 Å². The van der Waals surface area contributed by atoms with Gasteiger partial charge in [-0.2, -0.15) is 0 Å². The summed E-state index contributed by atoms with van der Waals surface area (Å²) in [5, 5.41) is 6.03. The number of aryl methyl sites for hydroxylation is 1. The normalized spacial score (nSPS) is 13.4. The third-order valence-electron chi connectivity index (χ3n) is 4.78. The molecule has 2 aromatic carbocycles. The van der Waals surface area contributed by atoms with Gasteiger partial charge < -0.3 is 15.5 Å². The van der Waals surface area contributed by atoms with Crippen LogP contribution < -0.4 is 15.5 Å². The number of amides is 1. The Bertz CT molecular complexity index is 947. The fraction of sp³-hybridized carbons (Fsp3) is 0.227. The van der Waals surface area contributed by atoms with Gasteiger partial charge in [0.2, 0.25) is 5.95 Å². The van der Waals surface area contributed by atoms with Crippen molar-refractivity contribution < 1.29 is 4.79 Å². The summed E-state index contributed by atoms with van der Waals surface area (Å²) in [4.78, 5) is 23.3. The van der Waals surface area contributed by atoms with Crippen LogP contribution in [0.5, 0.6) is 0 Å². The summed E-state index contributed by atoms with van der Waals surface area (Å²) < 4.78 is 0. The Kier molecular flexibility index (Phi) is 5.19. The topological polar surface area (TPSA) is 70.2 Å². The average Bonchev–Trinajstić information content (AvgIpc) is 3.24. The minimum atomic E-state index is -0.226. The van der Waals surface area contributed by atoms with Crippen LogP contribution in [-0.2, 0) is 0 Å². The number of carbonyl (C=O) groups excluding carboxylic acids is 1. The molecule has 1 aliphatic heterocycles. The summed E-state index contributed by atoms with van der Waals surface area (Å²) in [6.07, 6.45) is 5.54. The third-order valence-corrected chi connectivity index (χ3v) is 4.78. The number of nitrogens with one attached hydrogen (secondary N) is 2. The quantitative estimate of drug-likeness (QED) is 0.694. The lowest BCUT2D eigenvalue weighted by molar-refractivity contribution is 0.102. The molecule has 6 heteroatoms. The highest BCUT2D eigenvalue weighted by Gasteiger charge is 2.13. The molecule has 4 rings (SSSR count). The van der Waals surface area contributed by atoms with E-state index in [1.54, 1.807) is 0 Å². The Morgan fingerprint density at radius 2 is 1.68 bits per heavy atom. The van der Waals surface area contributed by atoms with Gasteiger partial charge in [0, 0.05) is 42.5 Å². The fourth-order valence-electron chi connectivity index (χ4n) is 3.30. The summed E-state index contributed by atoms with van der Waals surface area (Å²) in [6.45, 7) is 4.23. The summed E-state index contributed by atoms with van der Waals surface area (Å²) >= 11 is 0. The maximum atomic E-state index is 12.4. The van der Waals surface area contributed by atoms with E-state index in [0.717, 1.165) is 30.0 Å². The van der Waals surface area contributed by atoms with E-state index in [1.807, 2.05) is 55.5 Å². The molecule has 0 spiro atoms. The van der Waals surface area contributed by atoms with Crippen LogP contribution in [-0.4, -0.2) is 29.0 Å². The zero-order valence-corrected chi connectivity index (χ0v) is 15.9. The fourth-order valence-corrected chi connectivity index (χ4v) is 3.30. The monoisotopic (exact) mass is 373 g/mol. The van der Waals surface area contributed by atoms with Crippen molar-refractivity contribution in [3.8, 4) is 0 Å². The van der Waals surface area contributed by atoms with Gasteiger partial charge in [0.1, 0.15) is 0 Å². The Balaban J connectivity index is 1.38. The molecule has 1 aromatic heterocycles. The van der Waals surface area contributed by atoms with Gasteiger partial charge in [-0.25, -0.2) is 9.97 Å². The van der Waals surface area contributed by atoms with Gasteiger partial charge in [0.25, 0.3) is 5.91 Å². The molecule has 2 heterocycles. The lowest BCUT2D eigenvalue weighted by atomic mass is 10.2. The molecule has 6 nitrogen and oxygen atoms in total. The van der Waals surface area contributed by atoms with E-state index in [4.69, 9.17) is 0 Å². The van der Waals surface area contributed by atoms with Gasteiger partial charge in [0.15, 0.2) is 0 Å². The van der Waals surface area contributed by atoms with Crippen molar-refractivity contribution in [2.24, 2.45) is 0 Å². The van der Waals surface area contributed by atoms with Crippen molar-refractivity contribution >= 4 is 28.9 Å². The lowest BCUT2D eigenvalue weighted by Gasteiger charge is -2.17. The maximum Gasteiger partial charge on any atom is 0.258 e. The summed E-state index contributed by atoms with van der Waals surface area (Å²) in [5.74, 6) is 0.230. The molecule has 1 aliphatic rings. The van der Waals surface area contributed by atoms with Crippen LogP contribution in [0.25, 0.3) is 0 Å². The Morgan fingerprint density at radius 1 is 0.964 bits per heavy atom. The number of hydrogen-bond donors (Lipinski definition) is 2. The highest BCUT2D eigenvalue weighted by Crippen LogP contribution is 2.22. The van der Waals surface area contributed by atoms with Gasteiger partial charge in [-0.1, -0.05) is 12.1 Å². The van der Waals surface area contributed by atoms with Crippen LogP contribution in [0, 0.1) is 6.92 Å². The lowest BCUT2D eigenvalue weighted by Crippen LogP contribution is -2.17. The van der Waals surface area contributed by atoms with Gasteiger partial charge in [-0.15, -0.1) is 0 Å². The minimum absolute atomic E-state index is 0.226. The first kappa shape index (κ1) is 18.0. The molecular weight excluding hydrogens is 350 g/mol. The molecule has 3 aromatic rings. The molecule has 1 amide bonds. The second-order valence-corrected chi connectivity index (χ2v) is 6.98. The zero-order chi connectivity index (χ0) is 19.3. The molecule has 0 radical (unpaired) electrons. The number of hydrogen-bond acceptors (Lipinski definition) is 5. The van der Waals surface area contributed by atoms with Crippen LogP contribution in [0.15, 0.2) is 60.9 Å². The van der Waals surface area contributed by atoms with Crippen molar-refractivity contribution in [1.82, 2.24) is 9.97 Å². The highest BCUT2D eigenvalue weighted by molar-refractivity contribution is 6.04. The van der Waals surface area contributed by atoms with Crippen LogP contribution >= 0.6 is 0 Å². The number of benzene rings is 2. The van der Waals surface area contributed by atoms with Gasteiger partial charge in [-0.05, 0) is 61.7 Å². The van der Waals surface area contributed by atoms with Crippen molar-refractivity contribution in [1.29, 1.82) is 0 Å². The van der Waals surface area contributed by atoms with Crippen molar-refractivity contribution in [2.45, 2.75) is 19.8 Å². The molecule has 142 valence electrons. The first-order chi connectivity index (χ1) is 13.7. The minimum Gasteiger partial charge on any atom is -0.372 e. The molecule has 28 heavy (non-hydrogen) atoms. The summed E-state index contributed by atoms with van der Waals surface area (Å²) in [6, 6.07) is 15.9. The molecule has 0 aliphatic carbocycles. The standard InChI is InChI=1S/C22H23N5O/c1-16-5-4-6-19(13-16)26-22-23-14-17(15-24-22)21(28)25-18-7-9-20(10-8-18)27-11-2-3-12-27/h4-10,13-15H,2-3,11-12H2,1H3,(H,25,28)(H,23,24,26). The number of rotatable bonds is 5. The number of anilines is 4. The first-order valence-corrected chi connectivity index (χ1v) is 9.49. The Hall–Kier alpha value is -3.41. The predicted octanol–water partition coefficient (Wildman–Crippen LogP) is 4.38. The molecule has 1 saturated heterocycles. The van der Waals surface area contributed by atoms with Crippen LogP contribution in [0.3, 0.4) is 0 Å². The average molecular weight is 373 g/mol. The van der Waals surface area contributed by atoms with Crippen molar-refractivity contribution in [2.75, 3.05) is 28.6 Å². The molecule has 0 atom stereocenters. The number of carbonyl (C=O) groups is 1. The number of aromatic nitrogens is 2. The van der Waals surface area contributed by atoms with Crippen molar-refractivity contribution in [3.05, 3.63) is 72.1 Å². The molecule has 2 N–H and O–H groups in total. The maximum absolute atomic E-state index is 12.4. The molecule has 0 saturated carbocycles.